The van der Waals surface area contributed by atoms with Crippen molar-refractivity contribution in [3.8, 4) is 0 Å². The number of nitrogens with one attached hydrogen (secondary N) is 1. The van der Waals surface area contributed by atoms with Crippen molar-refractivity contribution in [3.63, 3.8) is 0 Å². The summed E-state index contributed by atoms with van der Waals surface area (Å²) in [6.45, 7) is 10.6. The first-order valence-electron chi connectivity index (χ1n) is 6.85. The van der Waals surface area contributed by atoms with E-state index in [9.17, 15) is 0 Å². The van der Waals surface area contributed by atoms with Crippen molar-refractivity contribution < 1.29 is 4.74 Å². The average Bonchev–Trinajstić information content (AvgIpc) is 2.72. The summed E-state index contributed by atoms with van der Waals surface area (Å²) >= 11 is 0. The Hall–Kier alpha value is -0.910. The standard InChI is InChI=1S/C14H28N4O/c1-14(2,3)16-11-13-10-15-12-18(13)7-9-19-8-6-17(4)5/h10,12,16H,6-9,11H2,1-5H3. The summed E-state index contributed by atoms with van der Waals surface area (Å²) in [5, 5.41) is 3.47. The van der Waals surface area contributed by atoms with E-state index in [2.05, 4.69) is 54.6 Å². The van der Waals surface area contributed by atoms with E-state index < -0.39 is 0 Å². The van der Waals surface area contributed by atoms with E-state index in [1.54, 1.807) is 0 Å². The SMILES string of the molecule is CN(C)CCOCCn1cncc1CNC(C)(C)C. The Balaban J connectivity index is 2.28. The van der Waals surface area contributed by atoms with Gasteiger partial charge in [-0.25, -0.2) is 4.98 Å². The van der Waals surface area contributed by atoms with Crippen LogP contribution >= 0.6 is 0 Å². The third kappa shape index (κ3) is 7.30. The fourth-order valence-corrected chi connectivity index (χ4v) is 1.56. The number of aromatic nitrogens is 2. The topological polar surface area (TPSA) is 42.3 Å². The monoisotopic (exact) mass is 268 g/mol. The van der Waals surface area contributed by atoms with Crippen molar-refractivity contribution in [2.75, 3.05) is 33.9 Å². The Morgan fingerprint density at radius 1 is 1.32 bits per heavy atom. The Bertz CT molecular complexity index is 355. The molecule has 0 bridgehead atoms. The Kier molecular flexibility index (Phi) is 6.48. The van der Waals surface area contributed by atoms with Gasteiger partial charge in [0, 0.05) is 31.4 Å². The van der Waals surface area contributed by atoms with E-state index in [-0.39, 0.29) is 5.54 Å². The molecule has 1 heterocycles. The van der Waals surface area contributed by atoms with Gasteiger partial charge in [-0.3, -0.25) is 0 Å². The largest absolute Gasteiger partial charge is 0.378 e. The normalized spacial score (nSPS) is 12.3. The summed E-state index contributed by atoms with van der Waals surface area (Å²) in [5.74, 6) is 0. The van der Waals surface area contributed by atoms with Gasteiger partial charge in [0.05, 0.1) is 25.2 Å². The molecule has 0 radical (unpaired) electrons. The highest BCUT2D eigenvalue weighted by atomic mass is 16.5. The van der Waals surface area contributed by atoms with Crippen molar-refractivity contribution in [2.45, 2.75) is 39.4 Å². The number of hydrogen-bond donors (Lipinski definition) is 1. The maximum Gasteiger partial charge on any atom is 0.0949 e. The molecule has 5 nitrogen and oxygen atoms in total. The van der Waals surface area contributed by atoms with Crippen molar-refractivity contribution >= 4 is 0 Å². The van der Waals surface area contributed by atoms with Gasteiger partial charge in [0.2, 0.25) is 0 Å². The molecule has 1 aromatic rings. The fourth-order valence-electron chi connectivity index (χ4n) is 1.56. The van der Waals surface area contributed by atoms with Crippen molar-refractivity contribution in [3.05, 3.63) is 18.2 Å². The van der Waals surface area contributed by atoms with Crippen molar-refractivity contribution in [1.82, 2.24) is 19.8 Å². The summed E-state index contributed by atoms with van der Waals surface area (Å²) in [6, 6.07) is 0. The zero-order valence-corrected chi connectivity index (χ0v) is 12.9. The minimum Gasteiger partial charge on any atom is -0.378 e. The minimum absolute atomic E-state index is 0.122. The Morgan fingerprint density at radius 3 is 2.68 bits per heavy atom. The summed E-state index contributed by atoms with van der Waals surface area (Å²) in [6.07, 6.45) is 3.79. The molecule has 0 aliphatic carbocycles. The molecule has 5 heteroatoms. The van der Waals surface area contributed by atoms with Crippen LogP contribution in [-0.2, 0) is 17.8 Å². The van der Waals surface area contributed by atoms with Crippen LogP contribution in [0.3, 0.4) is 0 Å². The summed E-state index contributed by atoms with van der Waals surface area (Å²) in [5.41, 5.74) is 1.32. The highest BCUT2D eigenvalue weighted by molar-refractivity contribution is 4.98. The number of ether oxygens (including phenoxy) is 1. The second kappa shape index (κ2) is 7.62. The van der Waals surface area contributed by atoms with Gasteiger partial charge in [0.15, 0.2) is 0 Å². The lowest BCUT2D eigenvalue weighted by molar-refractivity contribution is 0.110. The van der Waals surface area contributed by atoms with E-state index >= 15 is 0 Å². The number of nitrogens with zero attached hydrogens (tertiary/aromatic N) is 3. The number of rotatable bonds is 8. The molecule has 1 N–H and O–H groups in total. The zero-order valence-electron chi connectivity index (χ0n) is 12.9. The molecule has 1 aromatic heterocycles. The van der Waals surface area contributed by atoms with Gasteiger partial charge in [0.25, 0.3) is 0 Å². The number of likely N-dealkylation sites (N-methyl/N-ethyl adjacent to an activating group) is 1. The van der Waals surface area contributed by atoms with E-state index in [1.165, 1.54) is 5.69 Å². The molecule has 0 aliphatic heterocycles. The first kappa shape index (κ1) is 16.1. The maximum atomic E-state index is 5.61. The third-order valence-corrected chi connectivity index (χ3v) is 2.76. The molecule has 0 aliphatic rings. The predicted molar refractivity (Wildman–Crippen MR) is 78.2 cm³/mol. The van der Waals surface area contributed by atoms with Gasteiger partial charge in [-0.15, -0.1) is 0 Å². The minimum atomic E-state index is 0.122. The van der Waals surface area contributed by atoms with Crippen LogP contribution in [0.25, 0.3) is 0 Å². The zero-order chi connectivity index (χ0) is 14.3. The lowest BCUT2D eigenvalue weighted by Crippen LogP contribution is -2.35. The van der Waals surface area contributed by atoms with Crippen molar-refractivity contribution in [2.24, 2.45) is 0 Å². The smallest absolute Gasteiger partial charge is 0.0949 e. The van der Waals surface area contributed by atoms with Crippen LogP contribution in [0, 0.1) is 0 Å². The molecule has 0 spiro atoms. The molecule has 0 fully saturated rings. The van der Waals surface area contributed by atoms with Gasteiger partial charge in [-0.05, 0) is 34.9 Å². The van der Waals surface area contributed by atoms with Gasteiger partial charge >= 0.3 is 0 Å². The van der Waals surface area contributed by atoms with E-state index in [0.717, 1.165) is 32.8 Å². The molecule has 110 valence electrons. The predicted octanol–water partition coefficient (Wildman–Crippen LogP) is 1.35. The Labute approximate surface area is 117 Å². The number of imidazole rings is 1. The highest BCUT2D eigenvalue weighted by Gasteiger charge is 2.10. The second-order valence-electron chi connectivity index (χ2n) is 6.10. The molecular formula is C14H28N4O. The Morgan fingerprint density at radius 2 is 2.05 bits per heavy atom. The molecule has 19 heavy (non-hydrogen) atoms. The van der Waals surface area contributed by atoms with Crippen LogP contribution in [0.4, 0.5) is 0 Å². The average molecular weight is 268 g/mol. The number of hydrogen-bond acceptors (Lipinski definition) is 4. The van der Waals surface area contributed by atoms with Gasteiger partial charge < -0.3 is 19.5 Å². The quantitative estimate of drug-likeness (QED) is 0.723. The summed E-state index contributed by atoms with van der Waals surface area (Å²) < 4.78 is 7.75. The van der Waals surface area contributed by atoms with E-state index in [4.69, 9.17) is 4.74 Å². The van der Waals surface area contributed by atoms with Crippen LogP contribution in [-0.4, -0.2) is 53.8 Å². The molecule has 0 saturated heterocycles. The van der Waals surface area contributed by atoms with Crippen LogP contribution in [0.1, 0.15) is 26.5 Å². The van der Waals surface area contributed by atoms with Crippen LogP contribution in [0.15, 0.2) is 12.5 Å². The van der Waals surface area contributed by atoms with Crippen LogP contribution in [0.2, 0.25) is 0 Å². The molecule has 1 rings (SSSR count). The molecule has 0 aromatic carbocycles. The van der Waals surface area contributed by atoms with Crippen molar-refractivity contribution in [1.29, 1.82) is 0 Å². The van der Waals surface area contributed by atoms with Gasteiger partial charge in [0.1, 0.15) is 0 Å². The third-order valence-electron chi connectivity index (χ3n) is 2.76. The molecule has 0 amide bonds. The first-order chi connectivity index (χ1) is 8.88. The van der Waals surface area contributed by atoms with E-state index in [0.29, 0.717) is 0 Å². The maximum absolute atomic E-state index is 5.61. The van der Waals surface area contributed by atoms with E-state index in [1.807, 2.05) is 12.5 Å². The summed E-state index contributed by atoms with van der Waals surface area (Å²) in [7, 11) is 4.10. The lowest BCUT2D eigenvalue weighted by Gasteiger charge is -2.21. The second-order valence-corrected chi connectivity index (χ2v) is 6.10. The highest BCUT2D eigenvalue weighted by Crippen LogP contribution is 2.04. The summed E-state index contributed by atoms with van der Waals surface area (Å²) in [4.78, 5) is 6.33. The van der Waals surface area contributed by atoms with Crippen LogP contribution < -0.4 is 5.32 Å². The van der Waals surface area contributed by atoms with Gasteiger partial charge in [-0.1, -0.05) is 0 Å². The first-order valence-corrected chi connectivity index (χ1v) is 6.85. The molecular weight excluding hydrogens is 240 g/mol. The molecule has 0 saturated carbocycles. The van der Waals surface area contributed by atoms with Gasteiger partial charge in [-0.2, -0.15) is 0 Å². The lowest BCUT2D eigenvalue weighted by atomic mass is 10.1. The fraction of sp³-hybridized carbons (Fsp3) is 0.786. The molecule has 0 atom stereocenters. The molecule has 0 unspecified atom stereocenters. The van der Waals surface area contributed by atoms with Crippen LogP contribution in [0.5, 0.6) is 0 Å².